The number of phenols is 2. The number of carbonyl (C=O) groups is 2. The number of phenolic OH excluding ortho intramolecular Hbond substituents is 2. The van der Waals surface area contributed by atoms with Crippen molar-refractivity contribution >= 4 is 23.2 Å². The normalized spacial score (nSPS) is 10.3. The van der Waals surface area contributed by atoms with E-state index in [1.54, 1.807) is 42.5 Å². The number of aryl methyl sites for hydroxylation is 1. The molecule has 4 N–H and O–H groups in total. The molecule has 0 aliphatic rings. The van der Waals surface area contributed by atoms with Crippen LogP contribution in [0.25, 0.3) is 0 Å². The van der Waals surface area contributed by atoms with E-state index in [1.165, 1.54) is 24.3 Å². The average molecular weight is 362 g/mol. The van der Waals surface area contributed by atoms with Gasteiger partial charge in [0, 0.05) is 11.4 Å². The Kier molecular flexibility index (Phi) is 5.08. The number of carbonyl (C=O) groups excluding carboxylic acids is 2. The molecule has 0 radical (unpaired) electrons. The van der Waals surface area contributed by atoms with Gasteiger partial charge in [0.1, 0.15) is 11.5 Å². The van der Waals surface area contributed by atoms with Crippen LogP contribution in [0.15, 0.2) is 66.7 Å². The van der Waals surface area contributed by atoms with Crippen LogP contribution in [0.5, 0.6) is 11.5 Å². The molecule has 0 bridgehead atoms. The highest BCUT2D eigenvalue weighted by molar-refractivity contribution is 6.08. The molecule has 27 heavy (non-hydrogen) atoms. The van der Waals surface area contributed by atoms with E-state index in [4.69, 9.17) is 0 Å². The van der Waals surface area contributed by atoms with Crippen LogP contribution in [0.4, 0.5) is 11.4 Å². The first-order valence-corrected chi connectivity index (χ1v) is 8.25. The summed E-state index contributed by atoms with van der Waals surface area (Å²) in [5.41, 5.74) is 2.05. The van der Waals surface area contributed by atoms with Crippen molar-refractivity contribution in [1.82, 2.24) is 0 Å². The monoisotopic (exact) mass is 362 g/mol. The summed E-state index contributed by atoms with van der Waals surface area (Å²) in [6.07, 6.45) is 0. The van der Waals surface area contributed by atoms with E-state index in [0.717, 1.165) is 5.56 Å². The van der Waals surface area contributed by atoms with E-state index in [9.17, 15) is 19.8 Å². The molecule has 3 aromatic carbocycles. The number of benzene rings is 3. The summed E-state index contributed by atoms with van der Waals surface area (Å²) in [7, 11) is 0. The van der Waals surface area contributed by atoms with E-state index in [1.807, 2.05) is 6.92 Å². The zero-order valence-corrected chi connectivity index (χ0v) is 14.6. The number of hydrogen-bond acceptors (Lipinski definition) is 4. The Bertz CT molecular complexity index is 1010. The van der Waals surface area contributed by atoms with Gasteiger partial charge < -0.3 is 20.8 Å². The molecule has 136 valence electrons. The predicted octanol–water partition coefficient (Wildman–Crippen LogP) is 3.91. The van der Waals surface area contributed by atoms with Gasteiger partial charge in [0.05, 0.1) is 11.1 Å². The van der Waals surface area contributed by atoms with Crippen LogP contribution in [0, 0.1) is 6.92 Å². The van der Waals surface area contributed by atoms with E-state index in [0.29, 0.717) is 11.4 Å². The number of rotatable bonds is 4. The lowest BCUT2D eigenvalue weighted by molar-refractivity contribution is 0.101. The largest absolute Gasteiger partial charge is 0.507 e. The summed E-state index contributed by atoms with van der Waals surface area (Å²) in [4.78, 5) is 24.7. The first-order valence-electron chi connectivity index (χ1n) is 8.25. The molecule has 0 atom stereocenters. The zero-order chi connectivity index (χ0) is 19.4. The van der Waals surface area contributed by atoms with Gasteiger partial charge in [0.15, 0.2) is 0 Å². The maximum Gasteiger partial charge on any atom is 0.259 e. The lowest BCUT2D eigenvalue weighted by Crippen LogP contribution is -2.15. The molecule has 2 amide bonds. The summed E-state index contributed by atoms with van der Waals surface area (Å²) < 4.78 is 0. The van der Waals surface area contributed by atoms with Crippen molar-refractivity contribution in [2.24, 2.45) is 0 Å². The summed E-state index contributed by atoms with van der Waals surface area (Å²) in [5, 5.41) is 25.0. The number of aromatic hydroxyl groups is 2. The third-order valence-corrected chi connectivity index (χ3v) is 4.04. The van der Waals surface area contributed by atoms with Crippen LogP contribution in [-0.4, -0.2) is 22.0 Å². The molecule has 0 fully saturated rings. The van der Waals surface area contributed by atoms with Gasteiger partial charge in [0.25, 0.3) is 11.8 Å². The molecule has 0 spiro atoms. The van der Waals surface area contributed by atoms with E-state index < -0.39 is 11.8 Å². The number of nitrogens with one attached hydrogen (secondary N) is 2. The van der Waals surface area contributed by atoms with Gasteiger partial charge in [-0.3, -0.25) is 9.59 Å². The first-order chi connectivity index (χ1) is 13.0. The average Bonchev–Trinajstić information content (AvgIpc) is 2.65. The number of amides is 2. The molecule has 0 unspecified atom stereocenters. The molecular weight excluding hydrogens is 344 g/mol. The maximum atomic E-state index is 12.4. The van der Waals surface area contributed by atoms with E-state index >= 15 is 0 Å². The quantitative estimate of drug-likeness (QED) is 0.565. The lowest BCUT2D eigenvalue weighted by atomic mass is 10.1. The van der Waals surface area contributed by atoms with Gasteiger partial charge in [-0.1, -0.05) is 30.3 Å². The Morgan fingerprint density at radius 3 is 1.81 bits per heavy atom. The Hall–Kier alpha value is -3.80. The molecule has 0 aliphatic carbocycles. The van der Waals surface area contributed by atoms with Crippen LogP contribution in [0.2, 0.25) is 0 Å². The standard InChI is InChI=1S/C21H18N2O4/c1-13-10-11-14(22-20(26)15-6-2-4-8-18(15)24)12-17(13)23-21(27)16-7-3-5-9-19(16)25/h2-12,24-25H,1H3,(H,22,26)(H,23,27). The van der Waals surface area contributed by atoms with E-state index in [2.05, 4.69) is 10.6 Å². The maximum absolute atomic E-state index is 12.4. The Morgan fingerprint density at radius 1 is 0.741 bits per heavy atom. The van der Waals surface area contributed by atoms with Gasteiger partial charge in [-0.05, 0) is 48.9 Å². The van der Waals surface area contributed by atoms with Crippen molar-refractivity contribution in [1.29, 1.82) is 0 Å². The second-order valence-electron chi connectivity index (χ2n) is 5.97. The molecule has 3 aromatic rings. The zero-order valence-electron chi connectivity index (χ0n) is 14.6. The minimum Gasteiger partial charge on any atom is -0.507 e. The van der Waals surface area contributed by atoms with Crippen LogP contribution in [-0.2, 0) is 0 Å². The second-order valence-corrected chi connectivity index (χ2v) is 5.97. The molecule has 6 heteroatoms. The van der Waals surface area contributed by atoms with Crippen LogP contribution in [0.3, 0.4) is 0 Å². The van der Waals surface area contributed by atoms with Crippen molar-refractivity contribution in [2.45, 2.75) is 6.92 Å². The fourth-order valence-electron chi connectivity index (χ4n) is 2.55. The van der Waals surface area contributed by atoms with Crippen molar-refractivity contribution < 1.29 is 19.8 Å². The summed E-state index contributed by atoms with van der Waals surface area (Å²) in [5.74, 6) is -1.15. The molecule has 0 aliphatic heterocycles. The highest BCUT2D eigenvalue weighted by Crippen LogP contribution is 2.24. The molecule has 6 nitrogen and oxygen atoms in total. The summed E-state index contributed by atoms with van der Waals surface area (Å²) in [6.45, 7) is 1.81. The van der Waals surface area contributed by atoms with Crippen LogP contribution < -0.4 is 10.6 Å². The van der Waals surface area contributed by atoms with Crippen molar-refractivity contribution in [2.75, 3.05) is 10.6 Å². The predicted molar refractivity (Wildman–Crippen MR) is 103 cm³/mol. The molecule has 0 saturated carbocycles. The third-order valence-electron chi connectivity index (χ3n) is 4.04. The fraction of sp³-hybridized carbons (Fsp3) is 0.0476. The highest BCUT2D eigenvalue weighted by Gasteiger charge is 2.14. The van der Waals surface area contributed by atoms with Gasteiger partial charge in [-0.15, -0.1) is 0 Å². The fourth-order valence-corrected chi connectivity index (χ4v) is 2.55. The van der Waals surface area contributed by atoms with Crippen LogP contribution in [0.1, 0.15) is 26.3 Å². The minimum absolute atomic E-state index is 0.114. The van der Waals surface area contributed by atoms with Crippen LogP contribution >= 0.6 is 0 Å². The first kappa shape index (κ1) is 18.0. The van der Waals surface area contributed by atoms with Crippen molar-refractivity contribution in [3.63, 3.8) is 0 Å². The molecule has 0 heterocycles. The lowest BCUT2D eigenvalue weighted by Gasteiger charge is -2.12. The minimum atomic E-state index is -0.463. The Morgan fingerprint density at radius 2 is 1.26 bits per heavy atom. The Balaban J connectivity index is 1.80. The number of anilines is 2. The van der Waals surface area contributed by atoms with Crippen molar-refractivity contribution in [3.05, 3.63) is 83.4 Å². The smallest absolute Gasteiger partial charge is 0.259 e. The third kappa shape index (κ3) is 4.07. The molecular formula is C21H18N2O4. The second kappa shape index (κ2) is 7.61. The van der Waals surface area contributed by atoms with Gasteiger partial charge >= 0.3 is 0 Å². The van der Waals surface area contributed by atoms with Gasteiger partial charge in [0.2, 0.25) is 0 Å². The van der Waals surface area contributed by atoms with Gasteiger partial charge in [-0.2, -0.15) is 0 Å². The number of para-hydroxylation sites is 2. The SMILES string of the molecule is Cc1ccc(NC(=O)c2ccccc2O)cc1NC(=O)c1ccccc1O. The summed E-state index contributed by atoms with van der Waals surface area (Å²) >= 11 is 0. The van der Waals surface area contributed by atoms with Gasteiger partial charge in [-0.25, -0.2) is 0 Å². The summed E-state index contributed by atoms with van der Waals surface area (Å²) in [6, 6.07) is 17.5. The molecule has 0 aromatic heterocycles. The van der Waals surface area contributed by atoms with Crippen molar-refractivity contribution in [3.8, 4) is 11.5 Å². The highest BCUT2D eigenvalue weighted by atomic mass is 16.3. The Labute approximate surface area is 156 Å². The molecule has 0 saturated heterocycles. The topological polar surface area (TPSA) is 98.7 Å². The van der Waals surface area contributed by atoms with E-state index in [-0.39, 0.29) is 22.6 Å². The molecule has 3 rings (SSSR count). The number of hydrogen-bond donors (Lipinski definition) is 4.